The van der Waals surface area contributed by atoms with Crippen molar-refractivity contribution in [3.05, 3.63) is 64.9 Å². The molecule has 0 radical (unpaired) electrons. The minimum atomic E-state index is -0.517. The van der Waals surface area contributed by atoms with Crippen molar-refractivity contribution in [2.75, 3.05) is 26.2 Å². The Labute approximate surface area is 151 Å². The molecular weight excluding hydrogens is 343 g/mol. The Hall–Kier alpha value is -2.11. The first-order valence-corrected chi connectivity index (χ1v) is 8.57. The molecule has 2 aromatic rings. The highest BCUT2D eigenvalue weighted by Gasteiger charge is 2.35. The van der Waals surface area contributed by atoms with Crippen LogP contribution in [0.15, 0.2) is 48.5 Å². The lowest BCUT2D eigenvalue weighted by Gasteiger charge is -2.17. The van der Waals surface area contributed by atoms with Gasteiger partial charge in [0.15, 0.2) is 6.61 Å². The van der Waals surface area contributed by atoms with Gasteiger partial charge in [-0.25, -0.2) is 4.39 Å². The molecule has 0 aliphatic carbocycles. The third-order valence-corrected chi connectivity index (χ3v) is 4.87. The first-order valence-electron chi connectivity index (χ1n) is 8.19. The van der Waals surface area contributed by atoms with Crippen molar-refractivity contribution in [2.24, 2.45) is 11.7 Å². The predicted molar refractivity (Wildman–Crippen MR) is 95.2 cm³/mol. The topological polar surface area (TPSA) is 55.6 Å². The summed E-state index contributed by atoms with van der Waals surface area (Å²) in [6.07, 6.45) is 0. The van der Waals surface area contributed by atoms with Crippen LogP contribution in [-0.2, 0) is 4.79 Å². The van der Waals surface area contributed by atoms with Gasteiger partial charge in [0.05, 0.1) is 5.02 Å². The largest absolute Gasteiger partial charge is 0.484 e. The number of ether oxygens (including phenoxy) is 1. The van der Waals surface area contributed by atoms with Gasteiger partial charge in [-0.2, -0.15) is 0 Å². The van der Waals surface area contributed by atoms with Crippen LogP contribution in [0.5, 0.6) is 5.75 Å². The van der Waals surface area contributed by atoms with Gasteiger partial charge in [-0.1, -0.05) is 41.9 Å². The van der Waals surface area contributed by atoms with E-state index in [9.17, 15) is 9.18 Å². The molecule has 1 fully saturated rings. The maximum atomic E-state index is 13.2. The number of hydrogen-bond donors (Lipinski definition) is 1. The number of nitrogens with zero attached hydrogens (tertiary/aromatic N) is 1. The van der Waals surface area contributed by atoms with Crippen LogP contribution in [-0.4, -0.2) is 37.0 Å². The van der Waals surface area contributed by atoms with Crippen molar-refractivity contribution in [3.8, 4) is 5.75 Å². The summed E-state index contributed by atoms with van der Waals surface area (Å²) in [5, 5.41) is -0.0292. The van der Waals surface area contributed by atoms with Crippen LogP contribution in [0, 0.1) is 11.7 Å². The number of hydrogen-bond acceptors (Lipinski definition) is 3. The van der Waals surface area contributed by atoms with Gasteiger partial charge in [0.1, 0.15) is 11.6 Å². The second-order valence-electron chi connectivity index (χ2n) is 6.18. The summed E-state index contributed by atoms with van der Waals surface area (Å²) in [4.78, 5) is 14.2. The third-order valence-electron chi connectivity index (χ3n) is 4.58. The summed E-state index contributed by atoms with van der Waals surface area (Å²) in [6.45, 7) is 1.65. The molecule has 0 saturated carbocycles. The van der Waals surface area contributed by atoms with Gasteiger partial charge in [-0.3, -0.25) is 4.79 Å². The highest BCUT2D eigenvalue weighted by Crippen LogP contribution is 2.32. The van der Waals surface area contributed by atoms with Crippen molar-refractivity contribution in [2.45, 2.75) is 5.92 Å². The van der Waals surface area contributed by atoms with E-state index in [1.54, 1.807) is 4.90 Å². The van der Waals surface area contributed by atoms with E-state index in [1.165, 1.54) is 23.8 Å². The van der Waals surface area contributed by atoms with Gasteiger partial charge in [0.25, 0.3) is 5.91 Å². The molecule has 3 rings (SSSR count). The number of rotatable bonds is 5. The highest BCUT2D eigenvalue weighted by molar-refractivity contribution is 6.30. The van der Waals surface area contributed by atoms with Crippen LogP contribution in [0.4, 0.5) is 4.39 Å². The van der Waals surface area contributed by atoms with Crippen LogP contribution in [0.2, 0.25) is 5.02 Å². The number of nitrogens with two attached hydrogens (primary N) is 1. The standard InChI is InChI=1S/C19H20ClFN2O2/c20-17-8-15(6-7-18(17)21)25-12-19(24)23-10-14(9-22)16(11-23)13-4-2-1-3-5-13/h1-8,14,16H,9-12,22H2/t14-,16+/m1/s1. The van der Waals surface area contributed by atoms with Crippen molar-refractivity contribution in [1.82, 2.24) is 4.90 Å². The molecule has 0 aromatic heterocycles. The Bertz CT molecular complexity index is 741. The molecule has 1 amide bonds. The van der Waals surface area contributed by atoms with Crippen LogP contribution >= 0.6 is 11.6 Å². The summed E-state index contributed by atoms with van der Waals surface area (Å²) < 4.78 is 18.6. The molecule has 25 heavy (non-hydrogen) atoms. The molecule has 1 aliphatic rings. The van der Waals surface area contributed by atoms with Crippen molar-refractivity contribution >= 4 is 17.5 Å². The fraction of sp³-hybridized carbons (Fsp3) is 0.316. The number of benzene rings is 2. The van der Waals surface area contributed by atoms with Gasteiger partial charge in [-0.05, 0) is 30.2 Å². The first kappa shape index (κ1) is 17.7. The van der Waals surface area contributed by atoms with E-state index >= 15 is 0 Å². The monoisotopic (exact) mass is 362 g/mol. The molecule has 1 aliphatic heterocycles. The normalized spacial score (nSPS) is 19.9. The molecule has 2 atom stereocenters. The summed E-state index contributed by atoms with van der Waals surface area (Å²) in [5.41, 5.74) is 7.09. The van der Waals surface area contributed by atoms with E-state index in [0.29, 0.717) is 25.4 Å². The second-order valence-corrected chi connectivity index (χ2v) is 6.58. The van der Waals surface area contributed by atoms with Crippen molar-refractivity contribution < 1.29 is 13.9 Å². The van der Waals surface area contributed by atoms with Crippen LogP contribution < -0.4 is 10.5 Å². The second kappa shape index (κ2) is 7.85. The van der Waals surface area contributed by atoms with Gasteiger partial charge in [0, 0.05) is 25.1 Å². The molecule has 1 saturated heterocycles. The minimum absolute atomic E-state index is 0.0292. The van der Waals surface area contributed by atoms with E-state index in [4.69, 9.17) is 22.1 Å². The number of amides is 1. The molecule has 1 heterocycles. The smallest absolute Gasteiger partial charge is 0.260 e. The molecule has 0 unspecified atom stereocenters. The fourth-order valence-corrected chi connectivity index (χ4v) is 3.37. The van der Waals surface area contributed by atoms with Crippen LogP contribution in [0.25, 0.3) is 0 Å². The average Bonchev–Trinajstić information content (AvgIpc) is 3.08. The lowest BCUT2D eigenvalue weighted by molar-refractivity contribution is -0.132. The number of carbonyl (C=O) groups excluding carboxylic acids is 1. The molecule has 2 aromatic carbocycles. The predicted octanol–water partition coefficient (Wildman–Crippen LogP) is 3.06. The number of likely N-dealkylation sites (tertiary alicyclic amines) is 1. The zero-order valence-electron chi connectivity index (χ0n) is 13.7. The summed E-state index contributed by atoms with van der Waals surface area (Å²) in [5.74, 6) is 0.199. The highest BCUT2D eigenvalue weighted by atomic mass is 35.5. The van der Waals surface area contributed by atoms with Crippen molar-refractivity contribution in [1.29, 1.82) is 0 Å². The molecular formula is C19H20ClFN2O2. The Morgan fingerprint density at radius 3 is 2.68 bits per heavy atom. The van der Waals surface area contributed by atoms with E-state index in [2.05, 4.69) is 12.1 Å². The molecule has 2 N–H and O–H groups in total. The Kier molecular flexibility index (Phi) is 5.56. The van der Waals surface area contributed by atoms with Gasteiger partial charge < -0.3 is 15.4 Å². The zero-order chi connectivity index (χ0) is 17.8. The lowest BCUT2D eigenvalue weighted by atomic mass is 9.89. The van der Waals surface area contributed by atoms with Gasteiger partial charge in [0.2, 0.25) is 0 Å². The van der Waals surface area contributed by atoms with Crippen LogP contribution in [0.3, 0.4) is 0 Å². The summed E-state index contributed by atoms with van der Waals surface area (Å²) in [6, 6.07) is 14.1. The molecule has 0 bridgehead atoms. The summed E-state index contributed by atoms with van der Waals surface area (Å²) >= 11 is 5.72. The Morgan fingerprint density at radius 2 is 2.00 bits per heavy atom. The maximum Gasteiger partial charge on any atom is 0.260 e. The lowest BCUT2D eigenvalue weighted by Crippen LogP contribution is -2.33. The first-order chi connectivity index (χ1) is 12.1. The zero-order valence-corrected chi connectivity index (χ0v) is 14.5. The quantitative estimate of drug-likeness (QED) is 0.889. The summed E-state index contributed by atoms with van der Waals surface area (Å²) in [7, 11) is 0. The van der Waals surface area contributed by atoms with Crippen molar-refractivity contribution in [3.63, 3.8) is 0 Å². The molecule has 6 heteroatoms. The van der Waals surface area contributed by atoms with E-state index in [1.807, 2.05) is 18.2 Å². The average molecular weight is 363 g/mol. The SMILES string of the molecule is NC[C@@H]1CN(C(=O)COc2ccc(F)c(Cl)c2)C[C@H]1c1ccccc1. The fourth-order valence-electron chi connectivity index (χ4n) is 3.19. The Balaban J connectivity index is 1.61. The molecule has 132 valence electrons. The Morgan fingerprint density at radius 1 is 1.24 bits per heavy atom. The minimum Gasteiger partial charge on any atom is -0.484 e. The van der Waals surface area contributed by atoms with Gasteiger partial charge >= 0.3 is 0 Å². The maximum absolute atomic E-state index is 13.2. The van der Waals surface area contributed by atoms with E-state index in [0.717, 1.165) is 0 Å². The van der Waals surface area contributed by atoms with E-state index in [-0.39, 0.29) is 29.4 Å². The molecule has 0 spiro atoms. The van der Waals surface area contributed by atoms with Crippen LogP contribution in [0.1, 0.15) is 11.5 Å². The number of halogens is 2. The molecule has 4 nitrogen and oxygen atoms in total. The van der Waals surface area contributed by atoms with Gasteiger partial charge in [-0.15, -0.1) is 0 Å². The number of carbonyl (C=O) groups is 1. The van der Waals surface area contributed by atoms with E-state index < -0.39 is 5.82 Å². The third kappa shape index (κ3) is 4.11.